The molecule has 0 aliphatic rings. The van der Waals surface area contributed by atoms with Crippen LogP contribution in [0.4, 0.5) is 17.5 Å². The van der Waals surface area contributed by atoms with Crippen LogP contribution in [0.3, 0.4) is 0 Å². The lowest BCUT2D eigenvalue weighted by Gasteiger charge is -2.10. The van der Waals surface area contributed by atoms with E-state index in [9.17, 15) is 10.1 Å². The van der Waals surface area contributed by atoms with Crippen LogP contribution in [0.25, 0.3) is 0 Å². The molecule has 0 amide bonds. The van der Waals surface area contributed by atoms with E-state index in [-0.39, 0.29) is 29.3 Å². The van der Waals surface area contributed by atoms with E-state index >= 15 is 0 Å². The van der Waals surface area contributed by atoms with E-state index in [4.69, 9.17) is 10.6 Å². The summed E-state index contributed by atoms with van der Waals surface area (Å²) >= 11 is 0. The lowest BCUT2D eigenvalue weighted by Crippen LogP contribution is -2.17. The first kappa shape index (κ1) is 15.1. The minimum absolute atomic E-state index is 0.102. The van der Waals surface area contributed by atoms with Crippen LogP contribution >= 0.6 is 0 Å². The second-order valence-corrected chi connectivity index (χ2v) is 4.08. The number of hydrazine groups is 1. The third kappa shape index (κ3) is 4.30. The van der Waals surface area contributed by atoms with Gasteiger partial charge in [-0.1, -0.05) is 0 Å². The van der Waals surface area contributed by atoms with Gasteiger partial charge in [0.25, 0.3) is 0 Å². The minimum atomic E-state index is -0.527. The van der Waals surface area contributed by atoms with E-state index in [0.29, 0.717) is 13.2 Å². The zero-order valence-electron chi connectivity index (χ0n) is 11.1. The van der Waals surface area contributed by atoms with Gasteiger partial charge in [0.2, 0.25) is 11.8 Å². The number of anilines is 2. The summed E-state index contributed by atoms with van der Waals surface area (Å²) in [6, 6.07) is 0. The second kappa shape index (κ2) is 6.81. The molecular weight excluding hydrogens is 252 g/mol. The number of nitrogens with zero attached hydrogens (tertiary/aromatic N) is 3. The highest BCUT2D eigenvalue weighted by Crippen LogP contribution is 2.25. The van der Waals surface area contributed by atoms with E-state index in [0.717, 1.165) is 0 Å². The monoisotopic (exact) mass is 270 g/mol. The number of rotatable bonds is 7. The van der Waals surface area contributed by atoms with Gasteiger partial charge in [0.1, 0.15) is 5.69 Å². The van der Waals surface area contributed by atoms with Crippen molar-refractivity contribution in [2.24, 2.45) is 5.84 Å². The van der Waals surface area contributed by atoms with Crippen molar-refractivity contribution in [3.8, 4) is 0 Å². The molecule has 1 aromatic heterocycles. The lowest BCUT2D eigenvalue weighted by atomic mass is 10.3. The quantitative estimate of drug-likeness (QED) is 0.287. The average Bonchev–Trinajstić information content (AvgIpc) is 2.33. The average molecular weight is 270 g/mol. The van der Waals surface area contributed by atoms with Crippen molar-refractivity contribution in [1.29, 1.82) is 0 Å². The Morgan fingerprint density at radius 2 is 2.16 bits per heavy atom. The van der Waals surface area contributed by atoms with Crippen LogP contribution in [-0.2, 0) is 4.74 Å². The number of aryl methyl sites for hydroxylation is 1. The molecule has 0 saturated carbocycles. The lowest BCUT2D eigenvalue weighted by molar-refractivity contribution is -0.385. The van der Waals surface area contributed by atoms with Gasteiger partial charge in [-0.2, -0.15) is 4.98 Å². The Hall–Kier alpha value is -2.00. The molecule has 9 nitrogen and oxygen atoms in total. The van der Waals surface area contributed by atoms with Crippen LogP contribution in [0.2, 0.25) is 0 Å². The standard InChI is InChI=1S/C10H18N6O3/c1-6(2)19-5-4-12-9-8(16(17)18)7(3)13-10(14-9)15-11/h6H,4-5,11H2,1-3H3,(H2,12,13,14,15). The number of nitro groups is 1. The van der Waals surface area contributed by atoms with Gasteiger partial charge in [0.15, 0.2) is 0 Å². The molecule has 1 rings (SSSR count). The molecule has 0 aromatic carbocycles. The summed E-state index contributed by atoms with van der Waals surface area (Å²) in [5.74, 6) is 5.45. The Labute approximate surface area is 110 Å². The summed E-state index contributed by atoms with van der Waals surface area (Å²) in [6.45, 7) is 6.17. The van der Waals surface area contributed by atoms with Crippen LogP contribution in [0.1, 0.15) is 19.5 Å². The first-order chi connectivity index (χ1) is 8.95. The topological polar surface area (TPSA) is 128 Å². The van der Waals surface area contributed by atoms with Crippen molar-refractivity contribution in [3.05, 3.63) is 15.8 Å². The van der Waals surface area contributed by atoms with E-state index in [1.54, 1.807) is 0 Å². The van der Waals surface area contributed by atoms with E-state index < -0.39 is 4.92 Å². The zero-order valence-corrected chi connectivity index (χ0v) is 11.1. The van der Waals surface area contributed by atoms with E-state index in [1.165, 1.54) is 6.92 Å². The highest BCUT2D eigenvalue weighted by Gasteiger charge is 2.21. The Morgan fingerprint density at radius 3 is 2.68 bits per heavy atom. The molecule has 0 atom stereocenters. The second-order valence-electron chi connectivity index (χ2n) is 4.08. The predicted octanol–water partition coefficient (Wildman–Crippen LogP) is 0.816. The Balaban J connectivity index is 2.84. The third-order valence-corrected chi connectivity index (χ3v) is 2.22. The Bertz CT molecular complexity index is 451. The number of nitrogens with one attached hydrogen (secondary N) is 2. The largest absolute Gasteiger partial charge is 0.377 e. The number of hydrogen-bond acceptors (Lipinski definition) is 8. The third-order valence-electron chi connectivity index (χ3n) is 2.22. The molecule has 19 heavy (non-hydrogen) atoms. The first-order valence-electron chi connectivity index (χ1n) is 5.80. The molecule has 0 aliphatic carbocycles. The molecule has 0 bridgehead atoms. The van der Waals surface area contributed by atoms with E-state index in [2.05, 4.69) is 20.7 Å². The summed E-state index contributed by atoms with van der Waals surface area (Å²) in [5, 5.41) is 13.8. The van der Waals surface area contributed by atoms with Gasteiger partial charge in [-0.15, -0.1) is 0 Å². The molecule has 0 unspecified atom stereocenters. The van der Waals surface area contributed by atoms with Crippen LogP contribution in [0.5, 0.6) is 0 Å². The van der Waals surface area contributed by atoms with Crippen molar-refractivity contribution in [2.75, 3.05) is 23.9 Å². The van der Waals surface area contributed by atoms with Crippen LogP contribution in [0, 0.1) is 17.0 Å². The Morgan fingerprint density at radius 1 is 1.47 bits per heavy atom. The number of aromatic nitrogens is 2. The summed E-state index contributed by atoms with van der Waals surface area (Å²) in [5.41, 5.74) is 2.34. The van der Waals surface area contributed by atoms with Gasteiger partial charge in [0, 0.05) is 6.54 Å². The zero-order chi connectivity index (χ0) is 14.4. The molecule has 1 aromatic rings. The molecule has 0 saturated heterocycles. The van der Waals surface area contributed by atoms with Crippen LogP contribution < -0.4 is 16.6 Å². The van der Waals surface area contributed by atoms with Crippen molar-refractivity contribution in [1.82, 2.24) is 9.97 Å². The summed E-state index contributed by atoms with van der Waals surface area (Å²) in [4.78, 5) is 18.3. The number of nitrogen functional groups attached to an aromatic ring is 1. The minimum Gasteiger partial charge on any atom is -0.377 e. The predicted molar refractivity (Wildman–Crippen MR) is 70.8 cm³/mol. The van der Waals surface area contributed by atoms with Gasteiger partial charge in [-0.05, 0) is 20.8 Å². The maximum atomic E-state index is 11.0. The SMILES string of the molecule is Cc1nc(NN)nc(NCCOC(C)C)c1[N+](=O)[O-]. The maximum absolute atomic E-state index is 11.0. The number of hydrogen-bond donors (Lipinski definition) is 3. The molecule has 106 valence electrons. The van der Waals surface area contributed by atoms with E-state index in [1.807, 2.05) is 13.8 Å². The Kier molecular flexibility index (Phi) is 5.39. The van der Waals surface area contributed by atoms with Crippen molar-refractivity contribution >= 4 is 17.5 Å². The van der Waals surface area contributed by atoms with Gasteiger partial charge in [-0.3, -0.25) is 15.5 Å². The van der Waals surface area contributed by atoms with Gasteiger partial charge in [0.05, 0.1) is 17.6 Å². The first-order valence-corrected chi connectivity index (χ1v) is 5.80. The molecule has 0 radical (unpaired) electrons. The molecule has 0 spiro atoms. The highest BCUT2D eigenvalue weighted by atomic mass is 16.6. The normalized spacial score (nSPS) is 10.6. The van der Waals surface area contributed by atoms with Crippen LogP contribution in [-0.4, -0.2) is 34.1 Å². The van der Waals surface area contributed by atoms with Crippen molar-refractivity contribution in [2.45, 2.75) is 26.9 Å². The van der Waals surface area contributed by atoms with Crippen LogP contribution in [0.15, 0.2) is 0 Å². The van der Waals surface area contributed by atoms with Gasteiger partial charge < -0.3 is 10.1 Å². The molecule has 0 aliphatic heterocycles. The highest BCUT2D eigenvalue weighted by molar-refractivity contribution is 5.60. The summed E-state index contributed by atoms with van der Waals surface area (Å²) in [6.07, 6.45) is 0.102. The van der Waals surface area contributed by atoms with Gasteiger partial charge >= 0.3 is 5.69 Å². The molecule has 4 N–H and O–H groups in total. The van der Waals surface area contributed by atoms with Gasteiger partial charge in [-0.25, -0.2) is 10.8 Å². The molecule has 9 heteroatoms. The molecular formula is C10H18N6O3. The van der Waals surface area contributed by atoms with Crippen molar-refractivity contribution < 1.29 is 9.66 Å². The number of nitrogens with two attached hydrogens (primary N) is 1. The molecule has 1 heterocycles. The molecule has 0 fully saturated rings. The smallest absolute Gasteiger partial charge is 0.332 e. The van der Waals surface area contributed by atoms with Crippen molar-refractivity contribution in [3.63, 3.8) is 0 Å². The fourth-order valence-electron chi connectivity index (χ4n) is 1.44. The number of ether oxygens (including phenoxy) is 1. The fourth-order valence-corrected chi connectivity index (χ4v) is 1.44. The fraction of sp³-hybridized carbons (Fsp3) is 0.600. The summed E-state index contributed by atoms with van der Waals surface area (Å²) < 4.78 is 5.33. The maximum Gasteiger partial charge on any atom is 0.332 e. The summed E-state index contributed by atoms with van der Waals surface area (Å²) in [7, 11) is 0.